The van der Waals surface area contributed by atoms with Crippen LogP contribution in [0.5, 0.6) is 5.75 Å². The van der Waals surface area contributed by atoms with Gasteiger partial charge in [-0.25, -0.2) is 0 Å². The van der Waals surface area contributed by atoms with Crippen LogP contribution in [0.1, 0.15) is 36.5 Å². The summed E-state index contributed by atoms with van der Waals surface area (Å²) in [5.74, 6) is -0.402. The summed E-state index contributed by atoms with van der Waals surface area (Å²) >= 11 is 5.59. The average Bonchev–Trinajstić information content (AvgIpc) is 2.55. The summed E-state index contributed by atoms with van der Waals surface area (Å²) in [6.45, 7) is 2.91. The van der Waals surface area contributed by atoms with Crippen LogP contribution in [-0.2, 0) is 6.54 Å². The minimum atomic E-state index is -0.561. The minimum Gasteiger partial charge on any atom is -0.506 e. The first-order chi connectivity index (χ1) is 11.1. The van der Waals surface area contributed by atoms with E-state index in [1.165, 1.54) is 0 Å². The SMILES string of the molecule is CCCCn1c(=O)c(C(=O)NCCCCl)c(O)c2ccccc21. The Morgan fingerprint density at radius 1 is 1.30 bits per heavy atom. The molecule has 0 aliphatic carbocycles. The Hall–Kier alpha value is -2.01. The molecule has 5 nitrogen and oxygen atoms in total. The first kappa shape index (κ1) is 17.3. The summed E-state index contributed by atoms with van der Waals surface area (Å²) < 4.78 is 1.56. The Labute approximate surface area is 139 Å². The number of hydrogen-bond donors (Lipinski definition) is 2. The number of carbonyl (C=O) groups excluding carboxylic acids is 1. The lowest BCUT2D eigenvalue weighted by atomic mass is 10.1. The summed E-state index contributed by atoms with van der Waals surface area (Å²) in [5.41, 5.74) is -0.0202. The Balaban J connectivity index is 2.55. The molecule has 0 unspecified atom stereocenters. The largest absolute Gasteiger partial charge is 0.506 e. The number of aromatic nitrogens is 1. The molecule has 23 heavy (non-hydrogen) atoms. The van der Waals surface area contributed by atoms with Gasteiger partial charge in [-0.05, 0) is 25.0 Å². The van der Waals surface area contributed by atoms with Crippen molar-refractivity contribution in [2.24, 2.45) is 0 Å². The molecule has 0 aliphatic heterocycles. The van der Waals surface area contributed by atoms with E-state index < -0.39 is 11.5 Å². The number of carbonyl (C=O) groups is 1. The van der Waals surface area contributed by atoms with Gasteiger partial charge in [-0.15, -0.1) is 11.6 Å². The number of amides is 1. The zero-order valence-corrected chi connectivity index (χ0v) is 13.9. The van der Waals surface area contributed by atoms with Crippen LogP contribution >= 0.6 is 11.6 Å². The Kier molecular flexibility index (Phi) is 6.04. The number of alkyl halides is 1. The molecule has 124 valence electrons. The summed E-state index contributed by atoms with van der Waals surface area (Å²) in [4.78, 5) is 25.0. The molecule has 0 spiro atoms. The second-order valence-electron chi connectivity index (χ2n) is 5.35. The Morgan fingerprint density at radius 2 is 2.04 bits per heavy atom. The zero-order valence-electron chi connectivity index (χ0n) is 13.1. The molecule has 0 bridgehead atoms. The first-order valence-corrected chi connectivity index (χ1v) is 8.34. The molecule has 2 N–H and O–H groups in total. The maximum absolute atomic E-state index is 12.7. The van der Waals surface area contributed by atoms with E-state index in [2.05, 4.69) is 5.32 Å². The highest BCUT2D eigenvalue weighted by atomic mass is 35.5. The molecular weight excluding hydrogens is 316 g/mol. The summed E-state index contributed by atoms with van der Waals surface area (Å²) in [7, 11) is 0. The molecule has 0 atom stereocenters. The second kappa shape index (κ2) is 8.02. The molecule has 6 heteroatoms. The first-order valence-electron chi connectivity index (χ1n) is 7.80. The number of nitrogens with one attached hydrogen (secondary N) is 1. The van der Waals surface area contributed by atoms with Crippen molar-refractivity contribution in [1.82, 2.24) is 9.88 Å². The maximum Gasteiger partial charge on any atom is 0.267 e. The molecule has 1 aromatic carbocycles. The normalized spacial score (nSPS) is 10.9. The monoisotopic (exact) mass is 336 g/mol. The molecule has 0 saturated carbocycles. The number of halogens is 1. The number of fused-ring (bicyclic) bond motifs is 1. The molecule has 2 aromatic rings. The van der Waals surface area contributed by atoms with Crippen molar-refractivity contribution in [3.63, 3.8) is 0 Å². The summed E-state index contributed by atoms with van der Waals surface area (Å²) in [6.07, 6.45) is 2.35. The van der Waals surface area contributed by atoms with Crippen molar-refractivity contribution in [2.45, 2.75) is 32.7 Å². The van der Waals surface area contributed by atoms with Gasteiger partial charge in [0.25, 0.3) is 11.5 Å². The van der Waals surface area contributed by atoms with Gasteiger partial charge in [-0.1, -0.05) is 25.5 Å². The van der Waals surface area contributed by atoms with E-state index in [0.717, 1.165) is 12.8 Å². The minimum absolute atomic E-state index is 0.200. The quantitative estimate of drug-likeness (QED) is 0.603. The van der Waals surface area contributed by atoms with E-state index in [-0.39, 0.29) is 11.3 Å². The fraction of sp³-hybridized carbons (Fsp3) is 0.412. The maximum atomic E-state index is 12.7. The van der Waals surface area contributed by atoms with Gasteiger partial charge in [-0.3, -0.25) is 9.59 Å². The van der Waals surface area contributed by atoms with Gasteiger partial charge >= 0.3 is 0 Å². The van der Waals surface area contributed by atoms with E-state index in [1.54, 1.807) is 22.8 Å². The fourth-order valence-corrected chi connectivity index (χ4v) is 2.62. The van der Waals surface area contributed by atoms with Crippen LogP contribution in [0.15, 0.2) is 29.1 Å². The van der Waals surface area contributed by atoms with Crippen LogP contribution in [-0.4, -0.2) is 28.0 Å². The number of benzene rings is 1. The second-order valence-corrected chi connectivity index (χ2v) is 5.73. The lowest BCUT2D eigenvalue weighted by Gasteiger charge is -2.14. The number of hydrogen-bond acceptors (Lipinski definition) is 3. The van der Waals surface area contributed by atoms with E-state index >= 15 is 0 Å². The molecule has 0 radical (unpaired) electrons. The third-order valence-electron chi connectivity index (χ3n) is 3.70. The van der Waals surface area contributed by atoms with Gasteiger partial charge in [-0.2, -0.15) is 0 Å². The number of para-hydroxylation sites is 1. The highest BCUT2D eigenvalue weighted by Gasteiger charge is 2.21. The molecule has 0 fully saturated rings. The standard InChI is InChI=1S/C17H21ClN2O3/c1-2-3-11-20-13-8-5-4-7-12(13)15(21)14(17(20)23)16(22)19-10-6-9-18/h4-5,7-8,21H,2-3,6,9-11H2,1H3,(H,19,22). The van der Waals surface area contributed by atoms with Crippen LogP contribution in [0.4, 0.5) is 0 Å². The van der Waals surface area contributed by atoms with Gasteiger partial charge in [0.05, 0.1) is 5.52 Å². The van der Waals surface area contributed by atoms with Crippen molar-refractivity contribution in [3.05, 3.63) is 40.2 Å². The third kappa shape index (κ3) is 3.67. The summed E-state index contributed by atoms with van der Waals surface area (Å²) in [6, 6.07) is 7.07. The molecule has 1 heterocycles. The average molecular weight is 337 g/mol. The summed E-state index contributed by atoms with van der Waals surface area (Å²) in [5, 5.41) is 13.5. The predicted octanol–water partition coefficient (Wildman–Crippen LogP) is 2.87. The van der Waals surface area contributed by atoms with Crippen molar-refractivity contribution in [2.75, 3.05) is 12.4 Å². The Bertz CT molecular complexity index is 755. The van der Waals surface area contributed by atoms with Gasteiger partial charge in [0.1, 0.15) is 11.3 Å². The molecule has 0 saturated heterocycles. The molecular formula is C17H21ClN2O3. The molecule has 2 rings (SSSR count). The predicted molar refractivity (Wildman–Crippen MR) is 92.5 cm³/mol. The van der Waals surface area contributed by atoms with Gasteiger partial charge in [0.15, 0.2) is 0 Å². The van der Waals surface area contributed by atoms with Gasteiger partial charge < -0.3 is 15.0 Å². The van der Waals surface area contributed by atoms with Crippen LogP contribution in [0.2, 0.25) is 0 Å². The number of nitrogens with zero attached hydrogens (tertiary/aromatic N) is 1. The molecule has 0 aliphatic rings. The van der Waals surface area contributed by atoms with E-state index in [4.69, 9.17) is 11.6 Å². The number of unbranched alkanes of at least 4 members (excludes halogenated alkanes) is 1. The number of pyridine rings is 1. The fourth-order valence-electron chi connectivity index (χ4n) is 2.49. The van der Waals surface area contributed by atoms with Crippen LogP contribution < -0.4 is 10.9 Å². The zero-order chi connectivity index (χ0) is 16.8. The molecule has 1 aromatic heterocycles. The van der Waals surface area contributed by atoms with Crippen molar-refractivity contribution < 1.29 is 9.90 Å². The lowest BCUT2D eigenvalue weighted by Crippen LogP contribution is -2.34. The van der Waals surface area contributed by atoms with Crippen molar-refractivity contribution >= 4 is 28.4 Å². The highest BCUT2D eigenvalue weighted by Crippen LogP contribution is 2.26. The lowest BCUT2D eigenvalue weighted by molar-refractivity contribution is 0.0949. The van der Waals surface area contributed by atoms with Crippen LogP contribution in [0.25, 0.3) is 10.9 Å². The third-order valence-corrected chi connectivity index (χ3v) is 3.97. The topological polar surface area (TPSA) is 71.3 Å². The van der Waals surface area contributed by atoms with E-state index in [9.17, 15) is 14.7 Å². The van der Waals surface area contributed by atoms with Crippen LogP contribution in [0.3, 0.4) is 0 Å². The number of aryl methyl sites for hydroxylation is 1. The number of rotatable bonds is 7. The van der Waals surface area contributed by atoms with Gasteiger partial charge in [0, 0.05) is 24.4 Å². The van der Waals surface area contributed by atoms with Crippen molar-refractivity contribution in [1.29, 1.82) is 0 Å². The van der Waals surface area contributed by atoms with Crippen LogP contribution in [0, 0.1) is 0 Å². The van der Waals surface area contributed by atoms with Gasteiger partial charge in [0.2, 0.25) is 0 Å². The highest BCUT2D eigenvalue weighted by molar-refractivity contribution is 6.17. The van der Waals surface area contributed by atoms with E-state index in [1.807, 2.05) is 13.0 Å². The van der Waals surface area contributed by atoms with Crippen molar-refractivity contribution in [3.8, 4) is 5.75 Å². The number of aromatic hydroxyl groups is 1. The smallest absolute Gasteiger partial charge is 0.267 e. The van der Waals surface area contributed by atoms with E-state index in [0.29, 0.717) is 36.3 Å². The Morgan fingerprint density at radius 3 is 2.74 bits per heavy atom. The molecule has 1 amide bonds.